The van der Waals surface area contributed by atoms with Gasteiger partial charge in [0.05, 0.1) is 12.3 Å². The van der Waals surface area contributed by atoms with Gasteiger partial charge in [0, 0.05) is 29.9 Å². The van der Waals surface area contributed by atoms with E-state index in [1.165, 1.54) is 11.3 Å². The second-order valence-corrected chi connectivity index (χ2v) is 4.24. The Morgan fingerprint density at radius 2 is 2.39 bits per heavy atom. The van der Waals surface area contributed by atoms with Crippen LogP contribution in [0.3, 0.4) is 0 Å². The monoisotopic (exact) mass is 264 g/mol. The van der Waals surface area contributed by atoms with Crippen molar-refractivity contribution in [2.75, 3.05) is 18.5 Å². The van der Waals surface area contributed by atoms with Gasteiger partial charge >= 0.3 is 6.03 Å². The number of pyridine rings is 1. The molecule has 2 heterocycles. The van der Waals surface area contributed by atoms with Gasteiger partial charge in [-0.1, -0.05) is 0 Å². The molecule has 0 saturated carbocycles. The highest BCUT2D eigenvalue weighted by atomic mass is 32.1. The molecule has 2 amide bonds. The number of hydrogen-bond acceptors (Lipinski definition) is 5. The average Bonchev–Trinajstić information content (AvgIpc) is 2.86. The first-order valence-corrected chi connectivity index (χ1v) is 6.19. The summed E-state index contributed by atoms with van der Waals surface area (Å²) in [6.07, 6.45) is 3.40. The van der Waals surface area contributed by atoms with Crippen molar-refractivity contribution in [3.05, 3.63) is 29.9 Å². The molecular weight excluding hydrogens is 252 g/mol. The van der Waals surface area contributed by atoms with Crippen molar-refractivity contribution in [2.45, 2.75) is 0 Å². The van der Waals surface area contributed by atoms with Crippen molar-refractivity contribution < 1.29 is 9.90 Å². The zero-order valence-electron chi connectivity index (χ0n) is 9.46. The van der Waals surface area contributed by atoms with Crippen molar-refractivity contribution in [1.29, 1.82) is 0 Å². The maximum absolute atomic E-state index is 11.3. The highest BCUT2D eigenvalue weighted by Crippen LogP contribution is 2.23. The van der Waals surface area contributed by atoms with Crippen LogP contribution in [0.5, 0.6) is 0 Å². The molecule has 0 aliphatic rings. The number of hydrogen-bond donors (Lipinski definition) is 3. The lowest BCUT2D eigenvalue weighted by Crippen LogP contribution is -2.30. The number of amides is 2. The van der Waals surface area contributed by atoms with E-state index in [1.807, 2.05) is 17.5 Å². The molecule has 2 aromatic heterocycles. The third kappa shape index (κ3) is 3.25. The minimum atomic E-state index is -0.379. The summed E-state index contributed by atoms with van der Waals surface area (Å²) in [4.78, 5) is 19.6. The van der Waals surface area contributed by atoms with E-state index in [1.54, 1.807) is 12.4 Å². The minimum Gasteiger partial charge on any atom is -0.395 e. The summed E-state index contributed by atoms with van der Waals surface area (Å²) in [5, 5.41) is 16.0. The molecule has 0 aliphatic heterocycles. The van der Waals surface area contributed by atoms with Crippen molar-refractivity contribution >= 4 is 22.5 Å². The standard InChI is InChI=1S/C11H12N4O2S/c16-5-4-13-10(17)15-11-14-9(7-18-11)8-2-1-3-12-6-8/h1-3,6-7,16H,4-5H2,(H2,13,14,15,17). The molecule has 2 rings (SSSR count). The first-order chi connectivity index (χ1) is 8.79. The number of aromatic nitrogens is 2. The zero-order valence-corrected chi connectivity index (χ0v) is 10.3. The average molecular weight is 264 g/mol. The minimum absolute atomic E-state index is 0.0910. The van der Waals surface area contributed by atoms with Crippen molar-refractivity contribution in [3.63, 3.8) is 0 Å². The van der Waals surface area contributed by atoms with E-state index in [0.29, 0.717) is 5.13 Å². The second kappa shape index (κ2) is 6.08. The summed E-state index contributed by atoms with van der Waals surface area (Å²) in [7, 11) is 0. The summed E-state index contributed by atoms with van der Waals surface area (Å²) in [6, 6.07) is 3.35. The van der Waals surface area contributed by atoms with Gasteiger partial charge in [-0.2, -0.15) is 0 Å². The molecule has 2 aromatic rings. The highest BCUT2D eigenvalue weighted by molar-refractivity contribution is 7.14. The van der Waals surface area contributed by atoms with Crippen LogP contribution < -0.4 is 10.6 Å². The number of carbonyl (C=O) groups is 1. The molecule has 0 aromatic carbocycles. The number of urea groups is 1. The van der Waals surface area contributed by atoms with Crippen molar-refractivity contribution in [2.24, 2.45) is 0 Å². The van der Waals surface area contributed by atoms with Crippen LogP contribution in [0.25, 0.3) is 11.3 Å². The Balaban J connectivity index is 2.00. The molecule has 94 valence electrons. The van der Waals surface area contributed by atoms with Crippen LogP contribution in [-0.2, 0) is 0 Å². The molecular formula is C11H12N4O2S. The molecule has 0 fully saturated rings. The first kappa shape index (κ1) is 12.5. The van der Waals surface area contributed by atoms with Gasteiger partial charge in [-0.05, 0) is 12.1 Å². The molecule has 7 heteroatoms. The predicted octanol–water partition coefficient (Wildman–Crippen LogP) is 1.32. The van der Waals surface area contributed by atoms with E-state index in [-0.39, 0.29) is 19.2 Å². The van der Waals surface area contributed by atoms with Crippen molar-refractivity contribution in [1.82, 2.24) is 15.3 Å². The number of thiazole rings is 1. The quantitative estimate of drug-likeness (QED) is 0.777. The summed E-state index contributed by atoms with van der Waals surface area (Å²) < 4.78 is 0. The Kier molecular flexibility index (Phi) is 4.21. The number of nitrogens with zero attached hydrogens (tertiary/aromatic N) is 2. The maximum Gasteiger partial charge on any atom is 0.321 e. The number of anilines is 1. The van der Waals surface area contributed by atoms with E-state index in [0.717, 1.165) is 11.3 Å². The Labute approximate surface area is 108 Å². The molecule has 18 heavy (non-hydrogen) atoms. The van der Waals surface area contributed by atoms with Gasteiger partial charge in [0.2, 0.25) is 0 Å². The van der Waals surface area contributed by atoms with Crippen LogP contribution in [0, 0.1) is 0 Å². The van der Waals surface area contributed by atoms with Crippen LogP contribution in [0.15, 0.2) is 29.9 Å². The van der Waals surface area contributed by atoms with Gasteiger partial charge in [-0.25, -0.2) is 9.78 Å². The number of carbonyl (C=O) groups excluding carboxylic acids is 1. The molecule has 0 atom stereocenters. The van der Waals surface area contributed by atoms with Crippen LogP contribution in [0.4, 0.5) is 9.93 Å². The van der Waals surface area contributed by atoms with Gasteiger partial charge in [-0.3, -0.25) is 10.3 Å². The number of nitrogens with one attached hydrogen (secondary N) is 2. The predicted molar refractivity (Wildman–Crippen MR) is 69.5 cm³/mol. The third-order valence-electron chi connectivity index (χ3n) is 2.08. The molecule has 0 bridgehead atoms. The normalized spacial score (nSPS) is 10.1. The van der Waals surface area contributed by atoms with Crippen molar-refractivity contribution in [3.8, 4) is 11.3 Å². The molecule has 0 saturated heterocycles. The summed E-state index contributed by atoms with van der Waals surface area (Å²) in [6.45, 7) is 0.124. The second-order valence-electron chi connectivity index (χ2n) is 3.38. The van der Waals surface area contributed by atoms with Crippen LogP contribution in [-0.4, -0.2) is 34.3 Å². The lowest BCUT2D eigenvalue weighted by molar-refractivity contribution is 0.245. The largest absolute Gasteiger partial charge is 0.395 e. The van der Waals surface area contributed by atoms with E-state index in [2.05, 4.69) is 20.6 Å². The fraction of sp³-hybridized carbons (Fsp3) is 0.182. The Bertz CT molecular complexity index is 515. The van der Waals surface area contributed by atoms with Gasteiger partial charge < -0.3 is 10.4 Å². The number of aliphatic hydroxyl groups excluding tert-OH is 1. The van der Waals surface area contributed by atoms with Crippen LogP contribution in [0.2, 0.25) is 0 Å². The fourth-order valence-electron chi connectivity index (χ4n) is 1.29. The third-order valence-corrected chi connectivity index (χ3v) is 2.84. The van der Waals surface area contributed by atoms with Gasteiger partial charge in [0.15, 0.2) is 5.13 Å². The molecule has 3 N–H and O–H groups in total. The fourth-order valence-corrected chi connectivity index (χ4v) is 2.00. The Hall–Kier alpha value is -1.99. The van der Waals surface area contributed by atoms with Crippen LogP contribution in [0.1, 0.15) is 0 Å². The molecule has 6 nitrogen and oxygen atoms in total. The Morgan fingerprint density at radius 3 is 3.11 bits per heavy atom. The molecule has 0 spiro atoms. The maximum atomic E-state index is 11.3. The van der Waals surface area contributed by atoms with E-state index in [4.69, 9.17) is 5.11 Å². The summed E-state index contributed by atoms with van der Waals surface area (Å²) in [5.74, 6) is 0. The van der Waals surface area contributed by atoms with E-state index < -0.39 is 0 Å². The summed E-state index contributed by atoms with van der Waals surface area (Å²) in [5.41, 5.74) is 1.67. The number of rotatable bonds is 4. The Morgan fingerprint density at radius 1 is 1.50 bits per heavy atom. The first-order valence-electron chi connectivity index (χ1n) is 5.31. The van der Waals surface area contributed by atoms with Crippen LogP contribution >= 0.6 is 11.3 Å². The van der Waals surface area contributed by atoms with E-state index >= 15 is 0 Å². The molecule has 0 unspecified atom stereocenters. The number of aliphatic hydroxyl groups is 1. The van der Waals surface area contributed by atoms with Gasteiger partial charge in [0.25, 0.3) is 0 Å². The summed E-state index contributed by atoms with van der Waals surface area (Å²) >= 11 is 1.33. The topological polar surface area (TPSA) is 87.1 Å². The lowest BCUT2D eigenvalue weighted by Gasteiger charge is -2.02. The van der Waals surface area contributed by atoms with Gasteiger partial charge in [-0.15, -0.1) is 11.3 Å². The zero-order chi connectivity index (χ0) is 12.8. The SMILES string of the molecule is O=C(NCCO)Nc1nc(-c2cccnc2)cs1. The molecule has 0 aliphatic carbocycles. The molecule has 0 radical (unpaired) electrons. The highest BCUT2D eigenvalue weighted by Gasteiger charge is 2.07. The smallest absolute Gasteiger partial charge is 0.321 e. The lowest BCUT2D eigenvalue weighted by atomic mass is 10.2. The van der Waals surface area contributed by atoms with Gasteiger partial charge in [0.1, 0.15) is 0 Å². The van der Waals surface area contributed by atoms with E-state index in [9.17, 15) is 4.79 Å².